The number of hydrogen-bond donors (Lipinski definition) is 1. The van der Waals surface area contributed by atoms with Gasteiger partial charge in [0.15, 0.2) is 11.6 Å². The van der Waals surface area contributed by atoms with Gasteiger partial charge in [-0.25, -0.2) is 4.39 Å². The number of methoxy groups -OCH3 is 1. The van der Waals surface area contributed by atoms with E-state index in [2.05, 4.69) is 9.69 Å². The number of hydrogen-bond acceptors (Lipinski definition) is 4. The van der Waals surface area contributed by atoms with Gasteiger partial charge in [0.25, 0.3) is 5.91 Å². The van der Waals surface area contributed by atoms with Crippen LogP contribution in [0.5, 0.6) is 5.75 Å². The number of aryl methyl sites for hydroxylation is 1. The summed E-state index contributed by atoms with van der Waals surface area (Å²) < 4.78 is 22.2. The van der Waals surface area contributed by atoms with Gasteiger partial charge in [-0.2, -0.15) is 4.37 Å². The van der Waals surface area contributed by atoms with Gasteiger partial charge in [0, 0.05) is 17.1 Å². The summed E-state index contributed by atoms with van der Waals surface area (Å²) in [5.41, 5.74) is 1.53. The number of benzene rings is 1. The van der Waals surface area contributed by atoms with Crippen LogP contribution in [0.3, 0.4) is 0 Å². The number of aromatic nitrogens is 1. The second-order valence-corrected chi connectivity index (χ2v) is 4.25. The summed E-state index contributed by atoms with van der Waals surface area (Å²) in [6.45, 7) is 1.75. The summed E-state index contributed by atoms with van der Waals surface area (Å²) in [6.07, 6.45) is 0. The molecule has 2 rings (SSSR count). The van der Waals surface area contributed by atoms with Crippen LogP contribution in [0, 0.1) is 12.7 Å². The van der Waals surface area contributed by atoms with Crippen molar-refractivity contribution in [3.05, 3.63) is 40.7 Å². The van der Waals surface area contributed by atoms with Crippen LogP contribution in [0.2, 0.25) is 0 Å². The molecule has 0 saturated heterocycles. The van der Waals surface area contributed by atoms with Crippen molar-refractivity contribution in [1.82, 2.24) is 4.37 Å². The second kappa shape index (κ2) is 5.14. The van der Waals surface area contributed by atoms with Crippen LogP contribution in [0.25, 0.3) is 0 Å². The van der Waals surface area contributed by atoms with Crippen molar-refractivity contribution in [3.8, 4) is 5.75 Å². The van der Waals surface area contributed by atoms with Gasteiger partial charge in [0.1, 0.15) is 0 Å². The third-order valence-electron chi connectivity index (χ3n) is 2.40. The Balaban J connectivity index is 2.17. The molecule has 0 aliphatic heterocycles. The Kier molecular flexibility index (Phi) is 3.57. The maximum absolute atomic E-state index is 13.4. The summed E-state index contributed by atoms with van der Waals surface area (Å²) in [5, 5.41) is 4.27. The lowest BCUT2D eigenvalue weighted by Crippen LogP contribution is -2.12. The SMILES string of the molecule is COc1ccc(NC(=O)c2csnc2C)cc1F. The molecule has 1 amide bonds. The highest BCUT2D eigenvalue weighted by Crippen LogP contribution is 2.21. The first-order valence-electron chi connectivity index (χ1n) is 5.17. The molecule has 0 aliphatic carbocycles. The molecule has 4 nitrogen and oxygen atoms in total. The van der Waals surface area contributed by atoms with Crippen molar-refractivity contribution in [2.45, 2.75) is 6.92 Å². The third-order valence-corrected chi connectivity index (χ3v) is 3.12. The molecule has 0 unspecified atom stereocenters. The van der Waals surface area contributed by atoms with E-state index in [4.69, 9.17) is 4.74 Å². The van der Waals surface area contributed by atoms with E-state index in [1.807, 2.05) is 0 Å². The minimum absolute atomic E-state index is 0.140. The third kappa shape index (κ3) is 2.48. The zero-order chi connectivity index (χ0) is 13.1. The number of halogens is 1. The van der Waals surface area contributed by atoms with E-state index in [9.17, 15) is 9.18 Å². The molecule has 0 bridgehead atoms. The van der Waals surface area contributed by atoms with Crippen molar-refractivity contribution in [3.63, 3.8) is 0 Å². The van der Waals surface area contributed by atoms with Gasteiger partial charge < -0.3 is 10.1 Å². The van der Waals surface area contributed by atoms with Crippen molar-refractivity contribution < 1.29 is 13.9 Å². The zero-order valence-electron chi connectivity index (χ0n) is 9.86. The lowest BCUT2D eigenvalue weighted by Gasteiger charge is -2.06. The van der Waals surface area contributed by atoms with Crippen LogP contribution in [0.15, 0.2) is 23.6 Å². The van der Waals surface area contributed by atoms with Crippen molar-refractivity contribution in [2.75, 3.05) is 12.4 Å². The Labute approximate surface area is 108 Å². The second-order valence-electron chi connectivity index (χ2n) is 3.62. The predicted octanol–water partition coefficient (Wildman–Crippen LogP) is 2.85. The van der Waals surface area contributed by atoms with E-state index in [-0.39, 0.29) is 11.7 Å². The van der Waals surface area contributed by atoms with Crippen LogP contribution in [0.4, 0.5) is 10.1 Å². The fraction of sp³-hybridized carbons (Fsp3) is 0.167. The normalized spacial score (nSPS) is 10.2. The van der Waals surface area contributed by atoms with Gasteiger partial charge in [-0.1, -0.05) is 0 Å². The van der Waals surface area contributed by atoms with Crippen molar-refractivity contribution in [2.24, 2.45) is 0 Å². The maximum atomic E-state index is 13.4. The number of ether oxygens (including phenoxy) is 1. The molecule has 0 aliphatic rings. The molecule has 0 fully saturated rings. The van der Waals surface area contributed by atoms with Gasteiger partial charge in [-0.3, -0.25) is 4.79 Å². The molecule has 0 atom stereocenters. The Morgan fingerprint density at radius 1 is 1.50 bits per heavy atom. The van der Waals surface area contributed by atoms with Gasteiger partial charge >= 0.3 is 0 Å². The standard InChI is InChI=1S/C12H11FN2O2S/c1-7-9(6-18-15-7)12(16)14-8-3-4-11(17-2)10(13)5-8/h3-6H,1-2H3,(H,14,16). The van der Waals surface area contributed by atoms with Gasteiger partial charge in [0.05, 0.1) is 18.4 Å². The summed E-state index contributed by atoms with van der Waals surface area (Å²) in [6, 6.07) is 4.25. The number of anilines is 1. The van der Waals surface area contributed by atoms with Crippen LogP contribution in [-0.4, -0.2) is 17.4 Å². The molecule has 0 saturated carbocycles. The number of nitrogens with one attached hydrogen (secondary N) is 1. The summed E-state index contributed by atoms with van der Waals surface area (Å²) >= 11 is 1.21. The molecule has 1 N–H and O–H groups in total. The van der Waals surface area contributed by atoms with Crippen LogP contribution in [-0.2, 0) is 0 Å². The van der Waals surface area contributed by atoms with Crippen LogP contribution >= 0.6 is 11.5 Å². The summed E-state index contributed by atoms with van der Waals surface area (Å²) in [7, 11) is 1.39. The number of amides is 1. The average Bonchev–Trinajstić information content (AvgIpc) is 2.76. The molecule has 18 heavy (non-hydrogen) atoms. The van der Waals surface area contributed by atoms with E-state index >= 15 is 0 Å². The molecular formula is C12H11FN2O2S. The fourth-order valence-corrected chi connectivity index (χ4v) is 2.15. The highest BCUT2D eigenvalue weighted by Gasteiger charge is 2.12. The van der Waals surface area contributed by atoms with Crippen molar-refractivity contribution >= 4 is 23.1 Å². The molecule has 2 aromatic rings. The number of rotatable bonds is 3. The molecule has 0 radical (unpaired) electrons. The molecular weight excluding hydrogens is 255 g/mol. The van der Waals surface area contributed by atoms with Gasteiger partial charge in [0.2, 0.25) is 0 Å². The molecule has 94 valence electrons. The van der Waals surface area contributed by atoms with Crippen molar-refractivity contribution in [1.29, 1.82) is 0 Å². The highest BCUT2D eigenvalue weighted by atomic mass is 32.1. The Morgan fingerprint density at radius 3 is 2.83 bits per heavy atom. The first-order chi connectivity index (χ1) is 8.61. The van der Waals surface area contributed by atoms with E-state index in [1.165, 1.54) is 30.8 Å². The van der Waals surface area contributed by atoms with Gasteiger partial charge in [-0.15, -0.1) is 0 Å². The summed E-state index contributed by atoms with van der Waals surface area (Å²) in [5.74, 6) is -0.678. The first kappa shape index (κ1) is 12.5. The minimum Gasteiger partial charge on any atom is -0.494 e. The smallest absolute Gasteiger partial charge is 0.258 e. The quantitative estimate of drug-likeness (QED) is 0.929. The average molecular weight is 266 g/mol. The zero-order valence-corrected chi connectivity index (χ0v) is 10.7. The maximum Gasteiger partial charge on any atom is 0.258 e. The topological polar surface area (TPSA) is 51.2 Å². The van der Waals surface area contributed by atoms with Crippen LogP contribution in [0.1, 0.15) is 16.1 Å². The number of carbonyl (C=O) groups excluding carboxylic acids is 1. The monoisotopic (exact) mass is 266 g/mol. The molecule has 6 heteroatoms. The number of carbonyl (C=O) groups is 1. The van der Waals surface area contributed by atoms with E-state index in [0.717, 1.165) is 0 Å². The Bertz CT molecular complexity index is 583. The van der Waals surface area contributed by atoms with E-state index < -0.39 is 5.82 Å². The minimum atomic E-state index is -0.518. The lowest BCUT2D eigenvalue weighted by molar-refractivity contribution is 0.102. The summed E-state index contributed by atoms with van der Waals surface area (Å²) in [4.78, 5) is 11.9. The predicted molar refractivity (Wildman–Crippen MR) is 67.8 cm³/mol. The largest absolute Gasteiger partial charge is 0.494 e. The van der Waals surface area contributed by atoms with E-state index in [0.29, 0.717) is 16.9 Å². The Hall–Kier alpha value is -1.95. The first-order valence-corrected chi connectivity index (χ1v) is 6.01. The molecule has 1 aromatic heterocycles. The van der Waals surface area contributed by atoms with Gasteiger partial charge in [-0.05, 0) is 30.6 Å². The fourth-order valence-electron chi connectivity index (χ4n) is 1.45. The van der Waals surface area contributed by atoms with E-state index in [1.54, 1.807) is 18.4 Å². The lowest BCUT2D eigenvalue weighted by atomic mass is 10.2. The molecule has 1 heterocycles. The number of nitrogens with zero attached hydrogens (tertiary/aromatic N) is 1. The molecule has 1 aromatic carbocycles. The molecule has 0 spiro atoms. The Morgan fingerprint density at radius 2 is 2.28 bits per heavy atom. The highest BCUT2D eigenvalue weighted by molar-refractivity contribution is 7.04. The van der Waals surface area contributed by atoms with Crippen LogP contribution < -0.4 is 10.1 Å².